The summed E-state index contributed by atoms with van der Waals surface area (Å²) in [5.41, 5.74) is 6.73. The number of aromatic nitrogens is 2. The molecule has 2 aromatic heterocycles. The summed E-state index contributed by atoms with van der Waals surface area (Å²) in [6, 6.07) is 11.1. The zero-order valence-electron chi connectivity index (χ0n) is 23.3. The Balaban J connectivity index is 1.63. The number of hydrogen-bond donors (Lipinski definition) is 1. The predicted molar refractivity (Wildman–Crippen MR) is 159 cm³/mol. The van der Waals surface area contributed by atoms with Crippen LogP contribution in [0.25, 0.3) is 33.1 Å². The second kappa shape index (κ2) is 10.7. The van der Waals surface area contributed by atoms with Crippen molar-refractivity contribution < 1.29 is 13.2 Å². The summed E-state index contributed by atoms with van der Waals surface area (Å²) < 4.78 is 25.4. The number of ketones is 1. The van der Waals surface area contributed by atoms with Crippen molar-refractivity contribution in [2.45, 2.75) is 51.9 Å². The lowest BCUT2D eigenvalue weighted by Crippen LogP contribution is -2.34. The molecular weight excluding hydrogens is 506 g/mol. The average Bonchev–Trinajstić information content (AvgIpc) is 3.32. The number of H-pyrrole nitrogens is 1. The largest absolute Gasteiger partial charge is 0.339 e. The van der Waals surface area contributed by atoms with Crippen molar-refractivity contribution in [3.8, 4) is 11.1 Å². The number of aryl methyl sites for hydroxylation is 2. The van der Waals surface area contributed by atoms with Gasteiger partial charge in [-0.3, -0.25) is 4.79 Å². The molecular formula is C32H37N3O3S. The SMILES string of the molecule is C=C(CC(=O)c1cc(-c2cccc(S(=O)(=O)CC)c2)c2c([nH]c3ncc(C)cc32)c1C)C1CCN(CC)CC1. The van der Waals surface area contributed by atoms with Gasteiger partial charge in [-0.25, -0.2) is 13.4 Å². The third-order valence-electron chi connectivity index (χ3n) is 8.31. The van der Waals surface area contributed by atoms with Gasteiger partial charge in [0.05, 0.1) is 16.2 Å². The molecule has 3 heterocycles. The number of hydrogen-bond acceptors (Lipinski definition) is 5. The van der Waals surface area contributed by atoms with Crippen LogP contribution >= 0.6 is 0 Å². The van der Waals surface area contributed by atoms with Crippen LogP contribution in [-0.4, -0.2) is 54.5 Å². The molecule has 0 bridgehead atoms. The number of aromatic amines is 1. The number of carbonyl (C=O) groups is 1. The number of benzene rings is 2. The molecule has 0 saturated carbocycles. The predicted octanol–water partition coefficient (Wildman–Crippen LogP) is 6.65. The van der Waals surface area contributed by atoms with Gasteiger partial charge in [-0.05, 0) is 98.8 Å². The van der Waals surface area contributed by atoms with Gasteiger partial charge in [0.15, 0.2) is 15.6 Å². The molecule has 0 amide bonds. The number of nitrogens with one attached hydrogen (secondary N) is 1. The van der Waals surface area contributed by atoms with E-state index < -0.39 is 9.84 Å². The Labute approximate surface area is 231 Å². The molecule has 1 aliphatic heterocycles. The number of likely N-dealkylation sites (tertiary alicyclic amines) is 1. The smallest absolute Gasteiger partial charge is 0.178 e. The normalized spacial score (nSPS) is 15.3. The van der Waals surface area contributed by atoms with Crippen LogP contribution in [0.4, 0.5) is 0 Å². The number of pyridine rings is 1. The maximum Gasteiger partial charge on any atom is 0.178 e. The summed E-state index contributed by atoms with van der Waals surface area (Å²) in [5.74, 6) is 0.425. The highest BCUT2D eigenvalue weighted by Gasteiger charge is 2.25. The van der Waals surface area contributed by atoms with E-state index in [-0.39, 0.29) is 16.4 Å². The zero-order valence-corrected chi connectivity index (χ0v) is 24.1. The Morgan fingerprint density at radius 1 is 1.13 bits per heavy atom. The number of rotatable bonds is 8. The summed E-state index contributed by atoms with van der Waals surface area (Å²) in [7, 11) is -3.39. The molecule has 0 atom stereocenters. The molecule has 1 fully saturated rings. The summed E-state index contributed by atoms with van der Waals surface area (Å²) in [6.45, 7) is 15.3. The molecule has 39 heavy (non-hydrogen) atoms. The van der Waals surface area contributed by atoms with Gasteiger partial charge in [0.2, 0.25) is 0 Å². The quantitative estimate of drug-likeness (QED) is 0.199. The molecule has 0 unspecified atom stereocenters. The Morgan fingerprint density at radius 2 is 1.87 bits per heavy atom. The Hall–Kier alpha value is -3.29. The van der Waals surface area contributed by atoms with Gasteiger partial charge < -0.3 is 9.88 Å². The van der Waals surface area contributed by atoms with Crippen LogP contribution in [0, 0.1) is 19.8 Å². The van der Waals surface area contributed by atoms with Gasteiger partial charge in [0.25, 0.3) is 0 Å². The maximum absolute atomic E-state index is 13.8. The minimum Gasteiger partial charge on any atom is -0.339 e. The summed E-state index contributed by atoms with van der Waals surface area (Å²) in [5, 5.41) is 1.91. The van der Waals surface area contributed by atoms with Crippen LogP contribution < -0.4 is 0 Å². The minimum atomic E-state index is -3.39. The van der Waals surface area contributed by atoms with E-state index in [2.05, 4.69) is 34.4 Å². The fraction of sp³-hybridized carbons (Fsp3) is 0.375. The topological polar surface area (TPSA) is 83.1 Å². The van der Waals surface area contributed by atoms with E-state index in [0.717, 1.165) is 82.2 Å². The van der Waals surface area contributed by atoms with E-state index in [1.807, 2.05) is 32.2 Å². The lowest BCUT2D eigenvalue weighted by Gasteiger charge is -2.32. The van der Waals surface area contributed by atoms with Crippen molar-refractivity contribution in [1.82, 2.24) is 14.9 Å². The van der Waals surface area contributed by atoms with Crippen molar-refractivity contribution in [3.05, 3.63) is 71.4 Å². The minimum absolute atomic E-state index is 0.0268. The van der Waals surface area contributed by atoms with Crippen LogP contribution in [0.3, 0.4) is 0 Å². The molecule has 0 spiro atoms. The average molecular weight is 544 g/mol. The fourth-order valence-electron chi connectivity index (χ4n) is 5.84. The van der Waals surface area contributed by atoms with Gasteiger partial charge >= 0.3 is 0 Å². The van der Waals surface area contributed by atoms with Crippen molar-refractivity contribution in [2.24, 2.45) is 5.92 Å². The van der Waals surface area contributed by atoms with Crippen molar-refractivity contribution in [2.75, 3.05) is 25.4 Å². The monoisotopic (exact) mass is 543 g/mol. The first-order valence-electron chi connectivity index (χ1n) is 13.8. The number of sulfone groups is 1. The molecule has 2 aromatic carbocycles. The molecule has 204 valence electrons. The summed E-state index contributed by atoms with van der Waals surface area (Å²) in [4.78, 5) is 24.6. The first kappa shape index (κ1) is 27.3. The summed E-state index contributed by atoms with van der Waals surface area (Å²) in [6.07, 6.45) is 4.20. The van der Waals surface area contributed by atoms with Crippen LogP contribution in [-0.2, 0) is 9.84 Å². The molecule has 0 aliphatic carbocycles. The van der Waals surface area contributed by atoms with Crippen molar-refractivity contribution in [3.63, 3.8) is 0 Å². The number of piperidine rings is 1. The van der Waals surface area contributed by atoms with E-state index in [0.29, 0.717) is 17.9 Å². The number of Topliss-reactive ketones (excluding diaryl/α,β-unsaturated/α-hetero) is 1. The lowest BCUT2D eigenvalue weighted by atomic mass is 9.85. The molecule has 1 aliphatic rings. The highest BCUT2D eigenvalue weighted by Crippen LogP contribution is 2.39. The van der Waals surface area contributed by atoms with Gasteiger partial charge in [-0.1, -0.05) is 38.1 Å². The third kappa shape index (κ3) is 5.18. The molecule has 5 rings (SSSR count). The van der Waals surface area contributed by atoms with Crippen molar-refractivity contribution in [1.29, 1.82) is 0 Å². The molecule has 1 N–H and O–H groups in total. The fourth-order valence-corrected chi connectivity index (χ4v) is 6.77. The van der Waals surface area contributed by atoms with Crippen LogP contribution in [0.1, 0.15) is 54.6 Å². The van der Waals surface area contributed by atoms with E-state index in [1.165, 1.54) is 0 Å². The van der Waals surface area contributed by atoms with Crippen LogP contribution in [0.5, 0.6) is 0 Å². The number of allylic oxidation sites excluding steroid dienone is 1. The lowest BCUT2D eigenvalue weighted by molar-refractivity contribution is 0.0986. The van der Waals surface area contributed by atoms with Gasteiger partial charge in [0, 0.05) is 29.0 Å². The van der Waals surface area contributed by atoms with Crippen LogP contribution in [0.2, 0.25) is 0 Å². The first-order chi connectivity index (χ1) is 18.6. The van der Waals surface area contributed by atoms with Gasteiger partial charge in [-0.2, -0.15) is 0 Å². The van der Waals surface area contributed by atoms with E-state index in [4.69, 9.17) is 0 Å². The zero-order chi connectivity index (χ0) is 27.9. The van der Waals surface area contributed by atoms with Gasteiger partial charge in [0.1, 0.15) is 5.65 Å². The molecule has 6 nitrogen and oxygen atoms in total. The summed E-state index contributed by atoms with van der Waals surface area (Å²) >= 11 is 0. The Bertz CT molecular complexity index is 1690. The number of nitrogens with zero attached hydrogens (tertiary/aromatic N) is 2. The van der Waals surface area contributed by atoms with Gasteiger partial charge in [-0.15, -0.1) is 0 Å². The van der Waals surface area contributed by atoms with E-state index in [1.54, 1.807) is 25.1 Å². The van der Waals surface area contributed by atoms with E-state index in [9.17, 15) is 13.2 Å². The third-order valence-corrected chi connectivity index (χ3v) is 10.0. The first-order valence-corrected chi connectivity index (χ1v) is 15.5. The molecule has 7 heteroatoms. The van der Waals surface area contributed by atoms with Crippen molar-refractivity contribution >= 4 is 37.6 Å². The van der Waals surface area contributed by atoms with Crippen LogP contribution in [0.15, 0.2) is 59.6 Å². The standard InChI is InChI=1S/C32H37N3O3S/c1-6-35-13-11-23(12-14-35)21(4)16-29(36)26-18-27(24-9-8-10-25(17-24)39(37,38)7-2)30-28-15-20(3)19-33-32(28)34-31(30)22(26)5/h8-10,15,17-19,23H,4,6-7,11-14,16H2,1-3,5H3,(H,33,34). The molecule has 1 saturated heterocycles. The number of carbonyl (C=O) groups excluding carboxylic acids is 1. The highest BCUT2D eigenvalue weighted by molar-refractivity contribution is 7.91. The second-order valence-corrected chi connectivity index (χ2v) is 13.1. The highest BCUT2D eigenvalue weighted by atomic mass is 32.2. The Morgan fingerprint density at radius 3 is 2.56 bits per heavy atom. The molecule has 4 aromatic rings. The van der Waals surface area contributed by atoms with E-state index >= 15 is 0 Å². The Kier molecular flexibility index (Phi) is 7.49. The molecule has 0 radical (unpaired) electrons. The maximum atomic E-state index is 13.8. The second-order valence-electron chi connectivity index (χ2n) is 10.8. The number of fused-ring (bicyclic) bond motifs is 3.